The number of aliphatic hydroxyl groups is 2. The van der Waals surface area contributed by atoms with E-state index in [9.17, 15) is 15.0 Å². The summed E-state index contributed by atoms with van der Waals surface area (Å²) in [4.78, 5) is 19.5. The highest BCUT2D eigenvalue weighted by Gasteiger charge is 2.55. The van der Waals surface area contributed by atoms with E-state index in [2.05, 4.69) is 20.4 Å². The summed E-state index contributed by atoms with van der Waals surface area (Å²) in [7, 11) is 0. The molecule has 1 aliphatic rings. The Labute approximate surface area is 146 Å². The van der Waals surface area contributed by atoms with Gasteiger partial charge >= 0.3 is 0 Å². The van der Waals surface area contributed by atoms with Gasteiger partial charge in [0.2, 0.25) is 5.91 Å². The number of aliphatic hydroxyl groups excluding tert-OH is 2. The van der Waals surface area contributed by atoms with Gasteiger partial charge in [-0.25, -0.2) is 14.4 Å². The number of fused-ring (bicyclic) bond motifs is 1. The van der Waals surface area contributed by atoms with E-state index in [1.165, 1.54) is 24.0 Å². The number of halogens is 1. The molecule has 1 aliphatic heterocycles. The average molecular weight is 367 g/mol. The lowest BCUT2D eigenvalue weighted by atomic mass is 9.98. The van der Waals surface area contributed by atoms with Gasteiger partial charge in [0, 0.05) is 18.7 Å². The molecule has 0 aromatic carbocycles. The first-order valence-corrected chi connectivity index (χ1v) is 7.75. The zero-order valence-electron chi connectivity index (χ0n) is 14.0. The first kappa shape index (κ1) is 18.2. The number of alkyl halides is 1. The third kappa shape index (κ3) is 2.79. The van der Waals surface area contributed by atoms with Gasteiger partial charge in [0.1, 0.15) is 30.0 Å². The van der Waals surface area contributed by atoms with Crippen molar-refractivity contribution >= 4 is 29.0 Å². The van der Waals surface area contributed by atoms with Crippen LogP contribution >= 0.6 is 0 Å². The van der Waals surface area contributed by atoms with Crippen LogP contribution in [0.1, 0.15) is 25.6 Å². The van der Waals surface area contributed by atoms with Crippen molar-refractivity contribution in [3.05, 3.63) is 18.1 Å². The predicted octanol–water partition coefficient (Wildman–Crippen LogP) is 0.177. The van der Waals surface area contributed by atoms with Crippen molar-refractivity contribution in [2.45, 2.75) is 38.0 Å². The van der Waals surface area contributed by atoms with Crippen molar-refractivity contribution in [2.75, 3.05) is 11.9 Å². The fourth-order valence-electron chi connectivity index (χ4n) is 3.08. The van der Waals surface area contributed by atoms with Crippen LogP contribution in [0.2, 0.25) is 0 Å². The lowest BCUT2D eigenvalue weighted by Crippen LogP contribution is -2.40. The van der Waals surface area contributed by atoms with Gasteiger partial charge in [-0.2, -0.15) is 0 Å². The quantitative estimate of drug-likeness (QED) is 0.343. The Kier molecular flexibility index (Phi) is 4.61. The van der Waals surface area contributed by atoms with E-state index in [4.69, 9.17) is 9.94 Å². The number of hydrogen-bond acceptors (Lipinski definition) is 8. The summed E-state index contributed by atoms with van der Waals surface area (Å²) < 4.78 is 21.9. The molecule has 1 amide bonds. The third-order valence-electron chi connectivity index (χ3n) is 4.28. The highest BCUT2D eigenvalue weighted by Crippen LogP contribution is 2.43. The second kappa shape index (κ2) is 6.59. The van der Waals surface area contributed by atoms with E-state index in [-0.39, 0.29) is 17.4 Å². The third-order valence-corrected chi connectivity index (χ3v) is 4.28. The van der Waals surface area contributed by atoms with E-state index < -0.39 is 30.7 Å². The van der Waals surface area contributed by atoms with E-state index in [0.717, 1.165) is 13.1 Å². The molecule has 4 atom stereocenters. The van der Waals surface area contributed by atoms with Crippen molar-refractivity contribution in [3.8, 4) is 0 Å². The van der Waals surface area contributed by atoms with Gasteiger partial charge in [-0.15, -0.1) is 0 Å². The van der Waals surface area contributed by atoms with Crippen molar-refractivity contribution < 1.29 is 29.3 Å². The standard InChI is InChI=1S/C15H18FN5O5/c1-7(23)20-12-10-8(3-19-25)4-21(13(10)18-6-17-12)14-15(2,16)11(24)9(5-22)26-14/h3-4,6,9,11,14,22,24-25H,5H2,1-2H3,(H,17,18,20,23)/b19-3-/t9?,11?,14-,15-/m1/s1. The topological polar surface area (TPSA) is 142 Å². The Hall–Kier alpha value is -2.63. The number of hydrogen-bond donors (Lipinski definition) is 4. The molecule has 4 N–H and O–H groups in total. The van der Waals surface area contributed by atoms with Crippen LogP contribution in [-0.2, 0) is 9.53 Å². The number of anilines is 1. The molecule has 0 saturated carbocycles. The second-order valence-electron chi connectivity index (χ2n) is 6.14. The smallest absolute Gasteiger partial charge is 0.222 e. The molecule has 2 aromatic rings. The van der Waals surface area contributed by atoms with Gasteiger partial charge in [0.15, 0.2) is 11.9 Å². The lowest BCUT2D eigenvalue weighted by Gasteiger charge is -2.25. The maximum atomic E-state index is 15.1. The molecule has 26 heavy (non-hydrogen) atoms. The van der Waals surface area contributed by atoms with Crippen LogP contribution in [0.5, 0.6) is 0 Å². The largest absolute Gasteiger partial charge is 0.411 e. The predicted molar refractivity (Wildman–Crippen MR) is 87.7 cm³/mol. The highest BCUT2D eigenvalue weighted by molar-refractivity contribution is 6.06. The number of nitrogens with zero attached hydrogens (tertiary/aromatic N) is 4. The molecule has 0 aliphatic carbocycles. The number of rotatable bonds is 4. The monoisotopic (exact) mass is 367 g/mol. The van der Waals surface area contributed by atoms with Gasteiger partial charge in [-0.05, 0) is 6.92 Å². The zero-order chi connectivity index (χ0) is 19.1. The normalized spacial score (nSPS) is 28.9. The highest BCUT2D eigenvalue weighted by atomic mass is 19.1. The lowest BCUT2D eigenvalue weighted by molar-refractivity contribution is -0.114. The number of nitrogens with one attached hydrogen (secondary N) is 1. The maximum absolute atomic E-state index is 15.1. The first-order valence-electron chi connectivity index (χ1n) is 7.75. The Morgan fingerprint density at radius 2 is 2.31 bits per heavy atom. The van der Waals surface area contributed by atoms with Crippen LogP contribution in [0.4, 0.5) is 10.2 Å². The molecule has 1 fully saturated rings. The van der Waals surface area contributed by atoms with E-state index in [1.807, 2.05) is 0 Å². The molecule has 140 valence electrons. The fourth-order valence-corrected chi connectivity index (χ4v) is 3.08. The minimum Gasteiger partial charge on any atom is -0.411 e. The van der Waals surface area contributed by atoms with Crippen LogP contribution in [0.25, 0.3) is 11.0 Å². The molecular formula is C15H18FN5O5. The van der Waals surface area contributed by atoms with Crippen LogP contribution < -0.4 is 5.32 Å². The minimum absolute atomic E-state index is 0.147. The number of ether oxygens (including phenoxy) is 1. The van der Waals surface area contributed by atoms with Crippen molar-refractivity contribution in [1.29, 1.82) is 0 Å². The SMILES string of the molecule is CC(=O)Nc1ncnc2c1c(/C=N\O)cn2[C@@H]1OC(CO)C(O)[C@@]1(C)F. The molecule has 3 heterocycles. The minimum atomic E-state index is -2.23. The molecule has 0 spiro atoms. The van der Waals surface area contributed by atoms with Crippen molar-refractivity contribution in [2.24, 2.45) is 5.16 Å². The summed E-state index contributed by atoms with van der Waals surface area (Å²) in [6.45, 7) is 1.89. The Morgan fingerprint density at radius 3 is 2.88 bits per heavy atom. The van der Waals surface area contributed by atoms with E-state index >= 15 is 4.39 Å². The van der Waals surface area contributed by atoms with Gasteiger partial charge in [0.25, 0.3) is 0 Å². The number of oxime groups is 1. The first-order chi connectivity index (χ1) is 12.3. The zero-order valence-corrected chi connectivity index (χ0v) is 14.0. The molecule has 2 aromatic heterocycles. The summed E-state index contributed by atoms with van der Waals surface area (Å²) in [5.41, 5.74) is -1.74. The number of carbonyl (C=O) groups excluding carboxylic acids is 1. The van der Waals surface area contributed by atoms with Gasteiger partial charge in [0.05, 0.1) is 18.2 Å². The maximum Gasteiger partial charge on any atom is 0.222 e. The molecule has 11 heteroatoms. The van der Waals surface area contributed by atoms with E-state index in [1.54, 1.807) is 0 Å². The molecule has 1 saturated heterocycles. The van der Waals surface area contributed by atoms with Crippen molar-refractivity contribution in [3.63, 3.8) is 0 Å². The summed E-state index contributed by atoms with van der Waals surface area (Å²) in [5, 5.41) is 34.1. The molecular weight excluding hydrogens is 349 g/mol. The van der Waals surface area contributed by atoms with Gasteiger partial charge in [-0.3, -0.25) is 4.79 Å². The number of carbonyl (C=O) groups is 1. The van der Waals surface area contributed by atoms with E-state index in [0.29, 0.717) is 10.9 Å². The summed E-state index contributed by atoms with van der Waals surface area (Å²) in [5.74, 6) is -0.234. The van der Waals surface area contributed by atoms with Gasteiger partial charge < -0.3 is 30.0 Å². The fraction of sp³-hybridized carbons (Fsp3) is 0.467. The molecule has 0 bridgehead atoms. The molecule has 0 radical (unpaired) electrons. The molecule has 3 rings (SSSR count). The van der Waals surface area contributed by atoms with Crippen LogP contribution in [-0.4, -0.2) is 66.6 Å². The summed E-state index contributed by atoms with van der Waals surface area (Å²) in [6, 6.07) is 0. The van der Waals surface area contributed by atoms with Crippen LogP contribution in [0, 0.1) is 0 Å². The number of aromatic nitrogens is 3. The Bertz CT molecular complexity index is 867. The van der Waals surface area contributed by atoms with Gasteiger partial charge in [-0.1, -0.05) is 5.16 Å². The number of amides is 1. The molecule has 2 unspecified atom stereocenters. The second-order valence-corrected chi connectivity index (χ2v) is 6.14. The molecule has 10 nitrogen and oxygen atoms in total. The van der Waals surface area contributed by atoms with Crippen molar-refractivity contribution in [1.82, 2.24) is 14.5 Å². The average Bonchev–Trinajstić information content (AvgIpc) is 3.04. The Balaban J connectivity index is 2.20. The summed E-state index contributed by atoms with van der Waals surface area (Å²) in [6.07, 6.45) is -0.315. The summed E-state index contributed by atoms with van der Waals surface area (Å²) >= 11 is 0. The van der Waals surface area contributed by atoms with Crippen LogP contribution in [0.15, 0.2) is 17.7 Å². The van der Waals surface area contributed by atoms with Crippen LogP contribution in [0.3, 0.4) is 0 Å². The Morgan fingerprint density at radius 1 is 1.58 bits per heavy atom.